The minimum absolute atomic E-state index is 0.0183. The van der Waals surface area contributed by atoms with Gasteiger partial charge in [-0.1, -0.05) is 18.3 Å². The van der Waals surface area contributed by atoms with Gasteiger partial charge in [-0.2, -0.15) is 0 Å². The molecular weight excluding hydrogens is 304 g/mol. The van der Waals surface area contributed by atoms with Crippen molar-refractivity contribution in [2.45, 2.75) is 6.92 Å². The van der Waals surface area contributed by atoms with Crippen LogP contribution in [0.4, 0.5) is 28.9 Å². The molecule has 110 valence electrons. The molecule has 21 heavy (non-hydrogen) atoms. The molecule has 0 radical (unpaired) electrons. The van der Waals surface area contributed by atoms with Crippen LogP contribution in [0.2, 0.25) is 0 Å². The Morgan fingerprint density at radius 2 is 1.62 bits per heavy atom. The van der Waals surface area contributed by atoms with E-state index in [1.54, 1.807) is 19.1 Å². The second-order valence-corrected chi connectivity index (χ2v) is 4.82. The maximum atomic E-state index is 13.7. The molecule has 0 aliphatic rings. The minimum atomic E-state index is -1.52. The highest BCUT2D eigenvalue weighted by Gasteiger charge is 2.20. The van der Waals surface area contributed by atoms with Crippen LogP contribution >= 0.6 is 12.2 Å². The van der Waals surface area contributed by atoms with Crippen molar-refractivity contribution < 1.29 is 17.6 Å². The third kappa shape index (κ3) is 2.97. The molecule has 0 amide bonds. The van der Waals surface area contributed by atoms with Gasteiger partial charge < -0.3 is 11.1 Å². The van der Waals surface area contributed by atoms with Gasteiger partial charge in [-0.25, -0.2) is 17.6 Å². The number of thiocarbonyl (C=S) groups is 1. The normalized spacial score (nSPS) is 10.5. The van der Waals surface area contributed by atoms with E-state index in [-0.39, 0.29) is 16.7 Å². The van der Waals surface area contributed by atoms with Gasteiger partial charge in [-0.05, 0) is 24.6 Å². The second-order valence-electron chi connectivity index (χ2n) is 4.38. The van der Waals surface area contributed by atoms with Crippen molar-refractivity contribution >= 4 is 28.6 Å². The van der Waals surface area contributed by atoms with Crippen LogP contribution < -0.4 is 11.1 Å². The van der Waals surface area contributed by atoms with Crippen molar-refractivity contribution in [2.75, 3.05) is 5.32 Å². The number of nitrogens with two attached hydrogens (primary N) is 1. The quantitative estimate of drug-likeness (QED) is 0.512. The number of nitrogens with one attached hydrogen (secondary N) is 1. The molecule has 0 aliphatic carbocycles. The summed E-state index contributed by atoms with van der Waals surface area (Å²) < 4.78 is 53.7. The van der Waals surface area contributed by atoms with Gasteiger partial charge in [0.05, 0.1) is 0 Å². The van der Waals surface area contributed by atoms with E-state index in [0.29, 0.717) is 5.56 Å². The molecule has 0 aliphatic heterocycles. The van der Waals surface area contributed by atoms with Gasteiger partial charge >= 0.3 is 0 Å². The molecule has 0 fully saturated rings. The number of rotatable bonds is 3. The van der Waals surface area contributed by atoms with Crippen molar-refractivity contribution in [3.05, 3.63) is 58.7 Å². The van der Waals surface area contributed by atoms with Crippen LogP contribution in [0.25, 0.3) is 0 Å². The summed E-state index contributed by atoms with van der Waals surface area (Å²) in [7, 11) is 0. The fourth-order valence-electron chi connectivity index (χ4n) is 1.79. The lowest BCUT2D eigenvalue weighted by molar-refractivity contribution is 0.459. The Labute approximate surface area is 123 Å². The molecule has 3 N–H and O–H groups in total. The third-order valence-corrected chi connectivity index (χ3v) is 3.03. The summed E-state index contributed by atoms with van der Waals surface area (Å²) in [5.41, 5.74) is 5.78. The number of hydrogen-bond donors (Lipinski definition) is 2. The summed E-state index contributed by atoms with van der Waals surface area (Å²) in [6, 6.07) is 4.89. The van der Waals surface area contributed by atoms with E-state index in [1.165, 1.54) is 6.07 Å². The predicted octanol–water partition coefficient (Wildman–Crippen LogP) is 3.93. The molecule has 0 spiro atoms. The first-order valence-electron chi connectivity index (χ1n) is 5.81. The van der Waals surface area contributed by atoms with Crippen molar-refractivity contribution in [1.29, 1.82) is 0 Å². The Balaban J connectivity index is 2.58. The lowest BCUT2D eigenvalue weighted by Crippen LogP contribution is -2.13. The number of anilines is 2. The monoisotopic (exact) mass is 314 g/mol. The zero-order chi connectivity index (χ0) is 15.7. The molecule has 0 atom stereocenters. The molecule has 0 saturated heterocycles. The first-order chi connectivity index (χ1) is 9.81. The highest BCUT2D eigenvalue weighted by atomic mass is 32.1. The summed E-state index contributed by atoms with van der Waals surface area (Å²) in [6.45, 7) is 1.73. The average Bonchev–Trinajstić information content (AvgIpc) is 2.41. The lowest BCUT2D eigenvalue weighted by atomic mass is 10.1. The van der Waals surface area contributed by atoms with E-state index in [9.17, 15) is 17.6 Å². The van der Waals surface area contributed by atoms with Gasteiger partial charge in [0.1, 0.15) is 10.7 Å². The van der Waals surface area contributed by atoms with Crippen LogP contribution in [0.3, 0.4) is 0 Å². The van der Waals surface area contributed by atoms with Gasteiger partial charge in [-0.15, -0.1) is 0 Å². The van der Waals surface area contributed by atoms with Crippen molar-refractivity contribution in [3.8, 4) is 0 Å². The Hall–Kier alpha value is -2.15. The largest absolute Gasteiger partial charge is 0.389 e. The maximum Gasteiger partial charge on any atom is 0.185 e. The first kappa shape index (κ1) is 15.2. The topological polar surface area (TPSA) is 38.0 Å². The molecule has 0 saturated carbocycles. The Morgan fingerprint density at radius 3 is 2.14 bits per heavy atom. The van der Waals surface area contributed by atoms with Crippen molar-refractivity contribution in [1.82, 2.24) is 0 Å². The fourth-order valence-corrected chi connectivity index (χ4v) is 1.97. The SMILES string of the molecule is Cc1ccc(C(N)=S)c(Nc2c(F)c(F)cc(F)c2F)c1. The fraction of sp³-hybridized carbons (Fsp3) is 0.0714. The van der Waals surface area contributed by atoms with E-state index in [0.717, 1.165) is 5.56 Å². The zero-order valence-electron chi connectivity index (χ0n) is 10.8. The van der Waals surface area contributed by atoms with Crippen LogP contribution in [-0.4, -0.2) is 4.99 Å². The highest BCUT2D eigenvalue weighted by Crippen LogP contribution is 2.29. The number of benzene rings is 2. The zero-order valence-corrected chi connectivity index (χ0v) is 11.6. The summed E-state index contributed by atoms with van der Waals surface area (Å²) in [4.78, 5) is -0.0183. The molecule has 0 aromatic heterocycles. The standard InChI is InChI=1S/C14H10F4N2S/c1-6-2-3-7(14(19)21)10(4-6)20-13-11(17)8(15)5-9(16)12(13)18/h2-5,20H,1H3,(H2,19,21). The smallest absolute Gasteiger partial charge is 0.185 e. The van der Waals surface area contributed by atoms with E-state index in [2.05, 4.69) is 5.32 Å². The third-order valence-electron chi connectivity index (χ3n) is 2.81. The summed E-state index contributed by atoms with van der Waals surface area (Å²) in [6.07, 6.45) is 0. The highest BCUT2D eigenvalue weighted by molar-refractivity contribution is 7.80. The molecule has 2 rings (SSSR count). The number of aryl methyl sites for hydroxylation is 1. The average molecular weight is 314 g/mol. The van der Waals surface area contributed by atoms with E-state index < -0.39 is 29.0 Å². The predicted molar refractivity (Wildman–Crippen MR) is 76.6 cm³/mol. The number of halogens is 4. The van der Waals surface area contributed by atoms with Crippen LogP contribution in [0.1, 0.15) is 11.1 Å². The first-order valence-corrected chi connectivity index (χ1v) is 6.22. The molecule has 0 unspecified atom stereocenters. The molecule has 0 heterocycles. The Morgan fingerprint density at radius 1 is 1.05 bits per heavy atom. The van der Waals surface area contributed by atoms with E-state index >= 15 is 0 Å². The Bertz CT molecular complexity index is 705. The van der Waals surface area contributed by atoms with Gasteiger partial charge in [0.2, 0.25) is 0 Å². The summed E-state index contributed by atoms with van der Waals surface area (Å²) in [5.74, 6) is -6.05. The van der Waals surface area contributed by atoms with Crippen LogP contribution in [0, 0.1) is 30.2 Å². The molecule has 0 bridgehead atoms. The Kier molecular flexibility index (Phi) is 4.13. The molecule has 2 aromatic rings. The maximum absolute atomic E-state index is 13.7. The van der Waals surface area contributed by atoms with Crippen molar-refractivity contribution in [2.24, 2.45) is 5.73 Å². The lowest BCUT2D eigenvalue weighted by Gasteiger charge is -2.14. The van der Waals surface area contributed by atoms with Crippen LogP contribution in [0.5, 0.6) is 0 Å². The number of hydrogen-bond acceptors (Lipinski definition) is 2. The van der Waals surface area contributed by atoms with Gasteiger partial charge in [0.25, 0.3) is 0 Å². The van der Waals surface area contributed by atoms with Crippen LogP contribution in [-0.2, 0) is 0 Å². The van der Waals surface area contributed by atoms with E-state index in [4.69, 9.17) is 18.0 Å². The van der Waals surface area contributed by atoms with Gasteiger partial charge in [0, 0.05) is 17.3 Å². The van der Waals surface area contributed by atoms with Crippen LogP contribution in [0.15, 0.2) is 24.3 Å². The summed E-state index contributed by atoms with van der Waals surface area (Å²) in [5, 5.41) is 2.32. The van der Waals surface area contributed by atoms with Gasteiger partial charge in [-0.3, -0.25) is 0 Å². The minimum Gasteiger partial charge on any atom is -0.389 e. The molecular formula is C14H10F4N2S. The second kappa shape index (κ2) is 5.69. The summed E-state index contributed by atoms with van der Waals surface area (Å²) >= 11 is 4.83. The molecule has 2 aromatic carbocycles. The van der Waals surface area contributed by atoms with Crippen molar-refractivity contribution in [3.63, 3.8) is 0 Å². The van der Waals surface area contributed by atoms with E-state index in [1.807, 2.05) is 0 Å². The molecule has 2 nitrogen and oxygen atoms in total. The van der Waals surface area contributed by atoms with Gasteiger partial charge in [0.15, 0.2) is 23.3 Å². The molecule has 7 heteroatoms.